The first-order valence-electron chi connectivity index (χ1n) is 12.2. The molecule has 0 spiro atoms. The lowest BCUT2D eigenvalue weighted by atomic mass is 9.91. The Morgan fingerprint density at radius 2 is 1.41 bits per heavy atom. The molecule has 2 heterocycles. The molecule has 0 aromatic heterocycles. The first-order valence-corrected chi connectivity index (χ1v) is 12.2. The lowest BCUT2D eigenvalue weighted by molar-refractivity contribution is -0.121. The number of para-hydroxylation sites is 2. The van der Waals surface area contributed by atoms with Gasteiger partial charge in [-0.2, -0.15) is 0 Å². The fraction of sp³-hybridized carbons (Fsp3) is 0.444. The Morgan fingerprint density at radius 3 is 2.09 bits per heavy atom. The molecule has 2 aromatic carbocycles. The number of urea groups is 1. The van der Waals surface area contributed by atoms with Crippen LogP contribution in [0.15, 0.2) is 54.6 Å². The van der Waals surface area contributed by atoms with E-state index in [0.29, 0.717) is 49.0 Å². The number of nitrogens with one attached hydrogen (secondary N) is 2. The smallest absolute Gasteiger partial charge is 0.321 e. The summed E-state index contributed by atoms with van der Waals surface area (Å²) in [5.41, 5.74) is 1.86. The van der Waals surface area contributed by atoms with E-state index in [0.717, 1.165) is 25.2 Å². The SMILES string of the molecule is CC1CC(C)CN(C(=O)c2ccccc2NC(=O)C2CCN(C(=O)Nc3ccccc3)CC2)C1. The minimum Gasteiger partial charge on any atom is -0.338 e. The number of hydrogen-bond acceptors (Lipinski definition) is 3. The van der Waals surface area contributed by atoms with Crippen molar-refractivity contribution in [3.8, 4) is 0 Å². The molecule has 4 rings (SSSR count). The first-order chi connectivity index (χ1) is 16.4. The number of likely N-dealkylation sites (tertiary alicyclic amines) is 2. The predicted octanol–water partition coefficient (Wildman–Crippen LogP) is 4.69. The normalized spacial score (nSPS) is 21.1. The van der Waals surface area contributed by atoms with Crippen LogP contribution in [0.25, 0.3) is 0 Å². The number of amides is 4. The van der Waals surface area contributed by atoms with Crippen molar-refractivity contribution in [2.75, 3.05) is 36.8 Å². The highest BCUT2D eigenvalue weighted by atomic mass is 16.2. The molecule has 2 atom stereocenters. The van der Waals surface area contributed by atoms with E-state index in [2.05, 4.69) is 24.5 Å². The van der Waals surface area contributed by atoms with E-state index < -0.39 is 0 Å². The summed E-state index contributed by atoms with van der Waals surface area (Å²) < 4.78 is 0. The molecule has 2 unspecified atom stereocenters. The maximum atomic E-state index is 13.3. The predicted molar refractivity (Wildman–Crippen MR) is 134 cm³/mol. The van der Waals surface area contributed by atoms with Crippen molar-refractivity contribution in [3.63, 3.8) is 0 Å². The Kier molecular flexibility index (Phi) is 7.50. The maximum Gasteiger partial charge on any atom is 0.321 e. The van der Waals surface area contributed by atoms with E-state index in [-0.39, 0.29) is 23.8 Å². The molecule has 2 aliphatic heterocycles. The standard InChI is InChI=1S/C27H34N4O3/c1-19-16-20(2)18-31(17-19)26(33)23-10-6-7-11-24(23)29-25(32)21-12-14-30(15-13-21)27(34)28-22-8-4-3-5-9-22/h3-11,19-21H,12-18H2,1-2H3,(H,28,34)(H,29,32). The number of carbonyl (C=O) groups excluding carboxylic acids is 3. The van der Waals surface area contributed by atoms with E-state index in [1.165, 1.54) is 0 Å². The van der Waals surface area contributed by atoms with Gasteiger partial charge in [0.05, 0.1) is 11.3 Å². The number of benzene rings is 2. The summed E-state index contributed by atoms with van der Waals surface area (Å²) >= 11 is 0. The van der Waals surface area contributed by atoms with Gasteiger partial charge in [-0.15, -0.1) is 0 Å². The molecule has 180 valence electrons. The molecule has 7 nitrogen and oxygen atoms in total. The van der Waals surface area contributed by atoms with Crippen molar-refractivity contribution < 1.29 is 14.4 Å². The summed E-state index contributed by atoms with van der Waals surface area (Å²) in [6.45, 7) is 6.87. The zero-order valence-corrected chi connectivity index (χ0v) is 20.0. The van der Waals surface area contributed by atoms with Gasteiger partial charge in [-0.3, -0.25) is 9.59 Å². The molecular formula is C27H34N4O3. The lowest BCUT2D eigenvalue weighted by Crippen LogP contribution is -2.44. The van der Waals surface area contributed by atoms with Crippen molar-refractivity contribution >= 4 is 29.2 Å². The van der Waals surface area contributed by atoms with Gasteiger partial charge < -0.3 is 20.4 Å². The molecule has 2 aromatic rings. The van der Waals surface area contributed by atoms with Gasteiger partial charge >= 0.3 is 6.03 Å². The van der Waals surface area contributed by atoms with Crippen molar-refractivity contribution in [1.29, 1.82) is 0 Å². The molecule has 0 saturated carbocycles. The molecule has 34 heavy (non-hydrogen) atoms. The largest absolute Gasteiger partial charge is 0.338 e. The number of nitrogens with zero attached hydrogens (tertiary/aromatic N) is 2. The summed E-state index contributed by atoms with van der Waals surface area (Å²) in [5.74, 6) is 0.627. The summed E-state index contributed by atoms with van der Waals surface area (Å²) in [4.78, 5) is 42.5. The monoisotopic (exact) mass is 462 g/mol. The molecule has 2 N–H and O–H groups in total. The van der Waals surface area contributed by atoms with E-state index >= 15 is 0 Å². The highest BCUT2D eigenvalue weighted by Crippen LogP contribution is 2.26. The third kappa shape index (κ3) is 5.76. The third-order valence-electron chi connectivity index (χ3n) is 6.75. The van der Waals surface area contributed by atoms with Gasteiger partial charge in [0.25, 0.3) is 5.91 Å². The molecular weight excluding hydrogens is 428 g/mol. The van der Waals surface area contributed by atoms with Crippen LogP contribution in [0.1, 0.15) is 43.5 Å². The molecule has 0 aliphatic carbocycles. The van der Waals surface area contributed by atoms with Gasteiger partial charge in [0.2, 0.25) is 5.91 Å². The quantitative estimate of drug-likeness (QED) is 0.692. The van der Waals surface area contributed by atoms with Crippen LogP contribution in [0.3, 0.4) is 0 Å². The van der Waals surface area contributed by atoms with Crippen LogP contribution in [0.2, 0.25) is 0 Å². The number of rotatable bonds is 4. The Hall–Kier alpha value is -3.35. The van der Waals surface area contributed by atoms with Gasteiger partial charge in [-0.1, -0.05) is 44.2 Å². The summed E-state index contributed by atoms with van der Waals surface area (Å²) in [5, 5.41) is 5.90. The van der Waals surface area contributed by atoms with Crippen LogP contribution in [-0.2, 0) is 4.79 Å². The molecule has 4 amide bonds. The first kappa shape index (κ1) is 23.8. The topological polar surface area (TPSA) is 81.8 Å². The van der Waals surface area contributed by atoms with Crippen molar-refractivity contribution in [2.45, 2.75) is 33.1 Å². The van der Waals surface area contributed by atoms with Crippen LogP contribution in [0.4, 0.5) is 16.2 Å². The minimum absolute atomic E-state index is 0.0262. The van der Waals surface area contributed by atoms with Crippen LogP contribution in [0, 0.1) is 17.8 Å². The number of carbonyl (C=O) groups is 3. The van der Waals surface area contributed by atoms with Crippen LogP contribution < -0.4 is 10.6 Å². The Morgan fingerprint density at radius 1 is 0.794 bits per heavy atom. The van der Waals surface area contributed by atoms with Gasteiger partial charge in [0.1, 0.15) is 0 Å². The van der Waals surface area contributed by atoms with Gasteiger partial charge in [0, 0.05) is 37.8 Å². The Labute approximate surface area is 201 Å². The van der Waals surface area contributed by atoms with E-state index in [1.807, 2.05) is 47.4 Å². The summed E-state index contributed by atoms with van der Waals surface area (Å²) in [6, 6.07) is 16.5. The van der Waals surface area contributed by atoms with Gasteiger partial charge in [-0.05, 0) is 55.4 Å². The molecule has 2 saturated heterocycles. The van der Waals surface area contributed by atoms with Crippen molar-refractivity contribution in [2.24, 2.45) is 17.8 Å². The van der Waals surface area contributed by atoms with Gasteiger partial charge in [0.15, 0.2) is 0 Å². The second kappa shape index (κ2) is 10.7. The number of anilines is 2. The summed E-state index contributed by atoms with van der Waals surface area (Å²) in [6.07, 6.45) is 2.31. The molecule has 7 heteroatoms. The van der Waals surface area contributed by atoms with E-state index in [4.69, 9.17) is 0 Å². The molecule has 2 fully saturated rings. The zero-order chi connectivity index (χ0) is 24.1. The maximum absolute atomic E-state index is 13.3. The van der Waals surface area contributed by atoms with E-state index in [1.54, 1.807) is 17.0 Å². The third-order valence-corrected chi connectivity index (χ3v) is 6.75. The zero-order valence-electron chi connectivity index (χ0n) is 20.0. The second-order valence-corrected chi connectivity index (χ2v) is 9.75. The molecule has 0 radical (unpaired) electrons. The van der Waals surface area contributed by atoms with Crippen LogP contribution in [0.5, 0.6) is 0 Å². The van der Waals surface area contributed by atoms with Crippen LogP contribution in [-0.4, -0.2) is 53.8 Å². The Bertz CT molecular complexity index is 1010. The van der Waals surface area contributed by atoms with Crippen LogP contribution >= 0.6 is 0 Å². The highest BCUT2D eigenvalue weighted by Gasteiger charge is 2.30. The average molecular weight is 463 g/mol. The average Bonchev–Trinajstić information content (AvgIpc) is 2.84. The highest BCUT2D eigenvalue weighted by molar-refractivity contribution is 6.04. The van der Waals surface area contributed by atoms with Crippen molar-refractivity contribution in [1.82, 2.24) is 9.80 Å². The minimum atomic E-state index is -0.195. The second-order valence-electron chi connectivity index (χ2n) is 9.75. The Balaban J connectivity index is 1.34. The molecule has 0 bridgehead atoms. The fourth-order valence-corrected chi connectivity index (χ4v) is 5.08. The number of piperidine rings is 2. The van der Waals surface area contributed by atoms with E-state index in [9.17, 15) is 14.4 Å². The van der Waals surface area contributed by atoms with Gasteiger partial charge in [-0.25, -0.2) is 4.79 Å². The summed E-state index contributed by atoms with van der Waals surface area (Å²) in [7, 11) is 0. The van der Waals surface area contributed by atoms with Crippen molar-refractivity contribution in [3.05, 3.63) is 60.2 Å². The fourth-order valence-electron chi connectivity index (χ4n) is 5.08. The molecule has 2 aliphatic rings. The number of hydrogen-bond donors (Lipinski definition) is 2. The lowest BCUT2D eigenvalue weighted by Gasteiger charge is -2.35.